The zero-order chi connectivity index (χ0) is 27.2. The fourth-order valence-electron chi connectivity index (χ4n) is 5.95. The summed E-state index contributed by atoms with van der Waals surface area (Å²) in [6.07, 6.45) is 4.92. The highest BCUT2D eigenvalue weighted by Gasteiger charge is 2.49. The van der Waals surface area contributed by atoms with Crippen LogP contribution in [0.4, 0.5) is 0 Å². The Kier molecular flexibility index (Phi) is 9.70. The molecule has 0 radical (unpaired) electrons. The Balaban J connectivity index is 1.49. The van der Waals surface area contributed by atoms with Gasteiger partial charge in [0.15, 0.2) is 5.79 Å². The van der Waals surface area contributed by atoms with Crippen LogP contribution < -0.4 is 10.4 Å². The van der Waals surface area contributed by atoms with Gasteiger partial charge in [-0.05, 0) is 43.2 Å². The summed E-state index contributed by atoms with van der Waals surface area (Å²) in [5.41, 5.74) is 1.34. The molecule has 0 bridgehead atoms. The second-order valence-electron chi connectivity index (χ2n) is 12.0. The van der Waals surface area contributed by atoms with E-state index in [1.165, 1.54) is 15.9 Å². The molecule has 1 heterocycles. The van der Waals surface area contributed by atoms with Gasteiger partial charge in [-0.1, -0.05) is 138 Å². The van der Waals surface area contributed by atoms with Crippen LogP contribution in [0.1, 0.15) is 58.9 Å². The van der Waals surface area contributed by atoms with E-state index in [1.54, 1.807) is 0 Å². The van der Waals surface area contributed by atoms with Crippen LogP contribution in [-0.4, -0.2) is 42.2 Å². The topological polar surface area (TPSA) is 38.7 Å². The van der Waals surface area contributed by atoms with Gasteiger partial charge >= 0.3 is 0 Å². The molecule has 3 nitrogen and oxygen atoms in total. The van der Waals surface area contributed by atoms with Gasteiger partial charge in [0, 0.05) is 11.2 Å². The summed E-state index contributed by atoms with van der Waals surface area (Å²) in [5, 5.41) is 14.2. The van der Waals surface area contributed by atoms with E-state index in [9.17, 15) is 5.11 Å². The third kappa shape index (κ3) is 7.25. The van der Waals surface area contributed by atoms with Gasteiger partial charge in [0.25, 0.3) is 0 Å². The normalized spacial score (nSPS) is 22.1. The minimum Gasteiger partial charge on any atom is -0.375 e. The Morgan fingerprint density at radius 3 is 1.84 bits per heavy atom. The molecule has 0 spiro atoms. The van der Waals surface area contributed by atoms with Crippen LogP contribution in [-0.2, 0) is 15.9 Å². The maximum atomic E-state index is 11.6. The molecule has 38 heavy (non-hydrogen) atoms. The molecule has 204 valence electrons. The van der Waals surface area contributed by atoms with E-state index in [0.717, 1.165) is 25.7 Å². The second kappa shape index (κ2) is 12.6. The molecule has 1 fully saturated rings. The van der Waals surface area contributed by atoms with Crippen LogP contribution >= 0.6 is 15.9 Å². The Bertz CT molecular complexity index is 1080. The number of hydrogen-bond donors (Lipinski definition) is 1. The van der Waals surface area contributed by atoms with E-state index in [4.69, 9.17) is 9.47 Å². The molecule has 0 amide bonds. The molecule has 0 aliphatic carbocycles. The van der Waals surface area contributed by atoms with Gasteiger partial charge in [-0.15, -0.1) is 0 Å². The minimum absolute atomic E-state index is 0.0311. The van der Waals surface area contributed by atoms with E-state index < -0.39 is 13.9 Å². The predicted molar refractivity (Wildman–Crippen MR) is 164 cm³/mol. The van der Waals surface area contributed by atoms with Crippen molar-refractivity contribution in [2.24, 2.45) is 0 Å². The SMILES string of the molecule is CC(O)(C[C@@H]1C[C@H](Br)C[C@H](CCc2ccccc2)O1)OC[Si](c1ccccc1)(c1ccccc1)C(C)(C)C. The quantitative estimate of drug-likeness (QED) is 0.162. The lowest BCUT2D eigenvalue weighted by Crippen LogP contribution is -2.68. The Hall–Kier alpha value is -1.76. The molecule has 1 aliphatic heterocycles. The highest BCUT2D eigenvalue weighted by atomic mass is 79.9. The van der Waals surface area contributed by atoms with Crippen LogP contribution in [0.25, 0.3) is 0 Å². The van der Waals surface area contributed by atoms with Gasteiger partial charge in [-0.2, -0.15) is 0 Å². The molecule has 3 aromatic carbocycles. The molecular formula is C33H43BrO3Si. The lowest BCUT2D eigenvalue weighted by molar-refractivity contribution is -0.208. The molecule has 3 aromatic rings. The first-order valence-electron chi connectivity index (χ1n) is 13.9. The van der Waals surface area contributed by atoms with Crippen LogP contribution in [0, 0.1) is 0 Å². The number of halogens is 1. The summed E-state index contributed by atoms with van der Waals surface area (Å²) in [7, 11) is -2.43. The monoisotopic (exact) mass is 594 g/mol. The Morgan fingerprint density at radius 1 is 0.816 bits per heavy atom. The number of aliphatic hydroxyl groups is 1. The largest absolute Gasteiger partial charge is 0.375 e. The molecule has 0 aromatic heterocycles. The zero-order valence-electron chi connectivity index (χ0n) is 23.3. The zero-order valence-corrected chi connectivity index (χ0v) is 25.9. The molecule has 1 N–H and O–H groups in total. The van der Waals surface area contributed by atoms with Crippen molar-refractivity contribution in [1.29, 1.82) is 0 Å². The van der Waals surface area contributed by atoms with Gasteiger partial charge in [-0.25, -0.2) is 0 Å². The fourth-order valence-corrected chi connectivity index (χ4v) is 11.7. The Morgan fingerprint density at radius 2 is 1.32 bits per heavy atom. The van der Waals surface area contributed by atoms with E-state index in [1.807, 2.05) is 6.92 Å². The van der Waals surface area contributed by atoms with Gasteiger partial charge in [0.2, 0.25) is 0 Å². The van der Waals surface area contributed by atoms with Crippen molar-refractivity contribution in [3.05, 3.63) is 96.6 Å². The van der Waals surface area contributed by atoms with Crippen molar-refractivity contribution >= 4 is 34.4 Å². The first-order valence-corrected chi connectivity index (χ1v) is 17.0. The Labute approximate surface area is 238 Å². The summed E-state index contributed by atoms with van der Waals surface area (Å²) in [6.45, 7) is 8.75. The third-order valence-corrected chi connectivity index (χ3v) is 14.6. The van der Waals surface area contributed by atoms with Crippen molar-refractivity contribution in [3.8, 4) is 0 Å². The first-order chi connectivity index (χ1) is 18.1. The molecule has 5 heteroatoms. The maximum Gasteiger partial charge on any atom is 0.164 e. The van der Waals surface area contributed by atoms with Crippen molar-refractivity contribution < 1.29 is 14.6 Å². The standard InChI is InChI=1S/C33H43BrO3Si/c1-32(2,3)38(30-16-10-6-11-17-30,31-18-12-7-13-19-31)25-36-33(4,35)24-29-23-27(34)22-28(37-29)21-20-26-14-8-5-9-15-26/h5-19,27-29,35H,20-25H2,1-4H3/t27-,28+,29+,33?/m1/s1. The molecule has 4 rings (SSSR count). The van der Waals surface area contributed by atoms with Gasteiger partial charge < -0.3 is 14.6 Å². The molecule has 0 saturated carbocycles. The van der Waals surface area contributed by atoms with Crippen LogP contribution in [0.15, 0.2) is 91.0 Å². The van der Waals surface area contributed by atoms with Crippen LogP contribution in [0.3, 0.4) is 0 Å². The molecule has 1 unspecified atom stereocenters. The number of rotatable bonds is 10. The highest BCUT2D eigenvalue weighted by Crippen LogP contribution is 2.38. The van der Waals surface area contributed by atoms with E-state index in [2.05, 4.69) is 128 Å². The molecule has 1 saturated heterocycles. The third-order valence-electron chi connectivity index (χ3n) is 8.04. The van der Waals surface area contributed by atoms with Gasteiger partial charge in [0.05, 0.1) is 18.4 Å². The van der Waals surface area contributed by atoms with E-state index in [0.29, 0.717) is 17.5 Å². The number of ether oxygens (including phenoxy) is 2. The van der Waals surface area contributed by atoms with Crippen molar-refractivity contribution in [3.63, 3.8) is 0 Å². The molecule has 1 aliphatic rings. The van der Waals surface area contributed by atoms with E-state index >= 15 is 0 Å². The highest BCUT2D eigenvalue weighted by molar-refractivity contribution is 9.09. The summed E-state index contributed by atoms with van der Waals surface area (Å²) >= 11 is 3.87. The number of alkyl halides is 1. The first kappa shape index (κ1) is 29.2. The minimum atomic E-state index is -2.43. The van der Waals surface area contributed by atoms with Crippen LogP contribution in [0.5, 0.6) is 0 Å². The van der Waals surface area contributed by atoms with Crippen LogP contribution in [0.2, 0.25) is 5.04 Å². The summed E-state index contributed by atoms with van der Waals surface area (Å²) in [6, 6.07) is 32.1. The average molecular weight is 596 g/mol. The van der Waals surface area contributed by atoms with Crippen molar-refractivity contribution in [2.45, 2.75) is 87.7 Å². The lowest BCUT2D eigenvalue weighted by atomic mass is 9.95. The number of aryl methyl sites for hydroxylation is 1. The number of hydrogen-bond acceptors (Lipinski definition) is 3. The summed E-state index contributed by atoms with van der Waals surface area (Å²) in [5.74, 6) is -1.29. The fraction of sp³-hybridized carbons (Fsp3) is 0.455. The maximum absolute atomic E-state index is 11.6. The summed E-state index contributed by atoms with van der Waals surface area (Å²) in [4.78, 5) is 0.384. The predicted octanol–water partition coefficient (Wildman–Crippen LogP) is 6.65. The van der Waals surface area contributed by atoms with Crippen molar-refractivity contribution in [1.82, 2.24) is 0 Å². The van der Waals surface area contributed by atoms with Gasteiger partial charge in [-0.3, -0.25) is 0 Å². The van der Waals surface area contributed by atoms with E-state index in [-0.39, 0.29) is 17.2 Å². The van der Waals surface area contributed by atoms with Crippen molar-refractivity contribution in [2.75, 3.05) is 6.23 Å². The second-order valence-corrected chi connectivity index (χ2v) is 18.1. The summed E-state index contributed by atoms with van der Waals surface area (Å²) < 4.78 is 13.1. The molecular weight excluding hydrogens is 552 g/mol. The van der Waals surface area contributed by atoms with Gasteiger partial charge in [0.1, 0.15) is 8.07 Å². The smallest absolute Gasteiger partial charge is 0.164 e. The number of benzene rings is 3. The average Bonchev–Trinajstić information content (AvgIpc) is 2.88. The molecule has 4 atom stereocenters. The lowest BCUT2D eigenvalue weighted by Gasteiger charge is -2.45.